The summed E-state index contributed by atoms with van der Waals surface area (Å²) in [6, 6.07) is 11.4. The van der Waals surface area contributed by atoms with E-state index in [0.717, 1.165) is 57.6 Å². The van der Waals surface area contributed by atoms with E-state index in [2.05, 4.69) is 21.1 Å². The molecular formula is C38H41N3O6S. The molecule has 2 N–H and O–H groups in total. The van der Waals surface area contributed by atoms with Gasteiger partial charge in [-0.3, -0.25) is 14.0 Å². The second-order valence-corrected chi connectivity index (χ2v) is 13.9. The number of rotatable bonds is 9. The lowest BCUT2D eigenvalue weighted by atomic mass is 9.75. The monoisotopic (exact) mass is 667 g/mol. The molecule has 2 aliphatic heterocycles. The predicted octanol–water partition coefficient (Wildman–Crippen LogP) is 6.47. The number of fused-ring (bicyclic) bond motifs is 4. The van der Waals surface area contributed by atoms with Gasteiger partial charge in [-0.15, -0.1) is 0 Å². The highest BCUT2D eigenvalue weighted by Gasteiger charge is 2.46. The van der Waals surface area contributed by atoms with Crippen molar-refractivity contribution in [2.24, 2.45) is 0 Å². The molecule has 4 aliphatic rings. The number of anilines is 1. The zero-order valence-electron chi connectivity index (χ0n) is 27.4. The molecule has 0 saturated heterocycles. The lowest BCUT2D eigenvalue weighted by Crippen LogP contribution is -2.61. The number of allylic oxidation sites excluding steroid dienone is 1. The number of esters is 1. The van der Waals surface area contributed by atoms with Gasteiger partial charge in [0.1, 0.15) is 18.4 Å². The highest BCUT2D eigenvalue weighted by Crippen LogP contribution is 2.48. The van der Waals surface area contributed by atoms with Gasteiger partial charge < -0.3 is 24.8 Å². The molecule has 250 valence electrons. The number of nitrogens with one attached hydrogen (secondary N) is 2. The minimum atomic E-state index is -0.973. The maximum absolute atomic E-state index is 14.0. The second-order valence-electron chi connectivity index (χ2n) is 12.9. The van der Waals surface area contributed by atoms with Crippen molar-refractivity contribution in [1.82, 2.24) is 9.72 Å². The lowest BCUT2D eigenvalue weighted by molar-refractivity contribution is -0.137. The first-order chi connectivity index (χ1) is 23.4. The van der Waals surface area contributed by atoms with E-state index in [9.17, 15) is 14.4 Å². The molecule has 9 nitrogen and oxygen atoms in total. The van der Waals surface area contributed by atoms with Crippen LogP contribution < -0.4 is 20.7 Å². The Morgan fingerprint density at radius 3 is 2.56 bits per heavy atom. The van der Waals surface area contributed by atoms with Crippen LogP contribution in [0.3, 0.4) is 0 Å². The van der Waals surface area contributed by atoms with Gasteiger partial charge in [-0.1, -0.05) is 49.2 Å². The van der Waals surface area contributed by atoms with Crippen molar-refractivity contribution >= 4 is 58.0 Å². The Bertz CT molecular complexity index is 1890. The molecule has 1 aromatic carbocycles. The zero-order valence-corrected chi connectivity index (χ0v) is 28.3. The first-order valence-electron chi connectivity index (χ1n) is 16.9. The molecule has 4 heterocycles. The highest BCUT2D eigenvalue weighted by molar-refractivity contribution is 8.12. The summed E-state index contributed by atoms with van der Waals surface area (Å²) >= 11 is 1.50. The number of carbonyl (C=O) groups is 3. The molecule has 48 heavy (non-hydrogen) atoms. The maximum atomic E-state index is 14.0. The van der Waals surface area contributed by atoms with Gasteiger partial charge in [0.05, 0.1) is 29.5 Å². The molecule has 2 aliphatic carbocycles. The first-order valence-corrected chi connectivity index (χ1v) is 17.7. The number of aromatic nitrogens is 1. The molecule has 2 saturated carbocycles. The number of thioether (sulfide) groups is 1. The Balaban J connectivity index is 1.10. The van der Waals surface area contributed by atoms with Crippen LogP contribution in [0.1, 0.15) is 87.3 Å². The van der Waals surface area contributed by atoms with Gasteiger partial charge in [0.2, 0.25) is 5.91 Å². The average molecular weight is 668 g/mol. The number of hydrogen-bond acceptors (Lipinski definition) is 7. The second kappa shape index (κ2) is 13.6. The number of amides is 2. The van der Waals surface area contributed by atoms with Gasteiger partial charge >= 0.3 is 5.97 Å². The summed E-state index contributed by atoms with van der Waals surface area (Å²) in [6.45, 7) is 2.54. The largest absolute Gasteiger partial charge is 0.495 e. The molecule has 2 amide bonds. The van der Waals surface area contributed by atoms with Gasteiger partial charge in [0.25, 0.3) is 5.91 Å². The van der Waals surface area contributed by atoms with Crippen LogP contribution in [0.15, 0.2) is 59.0 Å². The van der Waals surface area contributed by atoms with Gasteiger partial charge in [0.15, 0.2) is 5.88 Å². The molecule has 2 fully saturated rings. The number of methoxy groups -OCH3 is 1. The summed E-state index contributed by atoms with van der Waals surface area (Å²) in [7, 11) is 1.69. The third-order valence-corrected chi connectivity index (χ3v) is 11.2. The highest BCUT2D eigenvalue weighted by atomic mass is 32.2. The Kier molecular flexibility index (Phi) is 9.09. The molecule has 3 aromatic rings. The van der Waals surface area contributed by atoms with Crippen molar-refractivity contribution in [3.8, 4) is 5.88 Å². The number of carbonyl (C=O) groups excluding carboxylic acids is 3. The normalized spacial score (nSPS) is 18.8. The molecule has 0 radical (unpaired) electrons. The van der Waals surface area contributed by atoms with E-state index in [0.29, 0.717) is 49.0 Å². The van der Waals surface area contributed by atoms with Crippen LogP contribution in [-0.2, 0) is 23.9 Å². The van der Waals surface area contributed by atoms with E-state index in [-0.39, 0.29) is 11.8 Å². The zero-order chi connectivity index (χ0) is 33.3. The fourth-order valence-corrected chi connectivity index (χ4v) is 8.45. The molecule has 2 aromatic heterocycles. The van der Waals surface area contributed by atoms with Crippen molar-refractivity contribution in [3.05, 3.63) is 81.1 Å². The third kappa shape index (κ3) is 6.02. The average Bonchev–Trinajstić information content (AvgIpc) is 3.58. The Labute approximate surface area is 284 Å². The van der Waals surface area contributed by atoms with E-state index < -0.39 is 11.5 Å². The fourth-order valence-electron chi connectivity index (χ4n) is 7.31. The van der Waals surface area contributed by atoms with Crippen molar-refractivity contribution < 1.29 is 28.6 Å². The number of hydrogen-bond donors (Lipinski definition) is 2. The van der Waals surface area contributed by atoms with Gasteiger partial charge in [-0.25, -0.2) is 4.79 Å². The summed E-state index contributed by atoms with van der Waals surface area (Å²) in [5, 5.41) is 7.10. The minimum Gasteiger partial charge on any atom is -0.495 e. The van der Waals surface area contributed by atoms with Crippen LogP contribution in [0, 0.1) is 0 Å². The summed E-state index contributed by atoms with van der Waals surface area (Å²) in [5.41, 5.74) is 5.24. The van der Waals surface area contributed by atoms with Gasteiger partial charge in [-0.2, -0.15) is 0 Å². The van der Waals surface area contributed by atoms with Gasteiger partial charge in [0, 0.05) is 28.3 Å². The predicted molar refractivity (Wildman–Crippen MR) is 188 cm³/mol. The Morgan fingerprint density at radius 2 is 1.85 bits per heavy atom. The lowest BCUT2D eigenvalue weighted by Gasteiger charge is -2.41. The number of ether oxygens (including phenoxy) is 3. The molecule has 0 bridgehead atoms. The van der Waals surface area contributed by atoms with Crippen LogP contribution in [-0.4, -0.2) is 48.0 Å². The summed E-state index contributed by atoms with van der Waals surface area (Å²) in [6.07, 6.45) is 15.4. The van der Waals surface area contributed by atoms with Crippen molar-refractivity contribution in [3.63, 3.8) is 0 Å². The molecular weight excluding hydrogens is 627 g/mol. The fraction of sp³-hybridized carbons (Fsp3) is 0.395. The summed E-state index contributed by atoms with van der Waals surface area (Å²) in [4.78, 5) is 40.9. The van der Waals surface area contributed by atoms with E-state index in [4.69, 9.17) is 14.2 Å². The standard InChI is InChI=1S/C38H41N3O6S/c1-3-47-32(42)19-12-24-10-14-27(15-11-24)39-37(44)38(20-7-21-38)40-36(43)30-17-13-26-22-46-23-29-34(35(26)48-30)33(25-8-5-4-6-9-25)28-16-18-31(45-2)41(28)29/h10-12,14-19,23,25H,3-9,13,20-22H2,1-2H3,(H,39,44)(H,40,43). The number of benzene rings is 1. The Hall–Kier alpha value is -4.44. The SMILES string of the molecule is CCOC(=O)C=Cc1ccc(NC(=O)C2(NC(=O)C3=CCC4=C(S3)c3c(C5CCCCC5)c5ccc(OC)n5c3=COC4)CCC2)cc1. The smallest absolute Gasteiger partial charge is 0.330 e. The quantitative estimate of drug-likeness (QED) is 0.199. The van der Waals surface area contributed by atoms with E-state index in [1.54, 1.807) is 32.2 Å². The topological polar surface area (TPSA) is 107 Å². The van der Waals surface area contributed by atoms with Crippen LogP contribution in [0.5, 0.6) is 5.88 Å². The molecule has 0 unspecified atom stereocenters. The minimum absolute atomic E-state index is 0.226. The van der Waals surface area contributed by atoms with Crippen LogP contribution in [0.2, 0.25) is 0 Å². The van der Waals surface area contributed by atoms with Crippen LogP contribution >= 0.6 is 11.8 Å². The molecule has 7 rings (SSSR count). The molecule has 10 heteroatoms. The van der Waals surface area contributed by atoms with E-state index in [1.807, 2.05) is 30.5 Å². The summed E-state index contributed by atoms with van der Waals surface area (Å²) in [5.74, 6) is 0.336. The number of nitrogens with zero attached hydrogens (tertiary/aromatic N) is 1. The van der Waals surface area contributed by atoms with Crippen LogP contribution in [0.25, 0.3) is 22.8 Å². The molecule has 0 spiro atoms. The van der Waals surface area contributed by atoms with E-state index in [1.165, 1.54) is 42.7 Å². The third-order valence-electron chi connectivity index (χ3n) is 9.94. The molecule has 0 atom stereocenters. The maximum Gasteiger partial charge on any atom is 0.330 e. The van der Waals surface area contributed by atoms with Crippen LogP contribution in [0.4, 0.5) is 5.69 Å². The van der Waals surface area contributed by atoms with Gasteiger partial charge in [-0.05, 0) is 92.3 Å². The van der Waals surface area contributed by atoms with Crippen molar-refractivity contribution in [2.75, 3.05) is 25.6 Å². The Morgan fingerprint density at radius 1 is 1.06 bits per heavy atom. The first kappa shape index (κ1) is 32.1. The van der Waals surface area contributed by atoms with E-state index >= 15 is 0 Å². The van der Waals surface area contributed by atoms with Crippen molar-refractivity contribution in [2.45, 2.75) is 76.2 Å². The van der Waals surface area contributed by atoms with Crippen molar-refractivity contribution in [1.29, 1.82) is 0 Å². The summed E-state index contributed by atoms with van der Waals surface area (Å²) < 4.78 is 19.0.